The van der Waals surface area contributed by atoms with Crippen LogP contribution in [0.15, 0.2) is 48.5 Å². The average molecular weight is 404 g/mol. The zero-order valence-electron chi connectivity index (χ0n) is 15.0. The maximum atomic E-state index is 6.02. The third kappa shape index (κ3) is 4.17. The summed E-state index contributed by atoms with van der Waals surface area (Å²) in [7, 11) is 0. The van der Waals surface area contributed by atoms with Crippen LogP contribution in [0.2, 0.25) is 5.02 Å². The second-order valence-corrected chi connectivity index (χ2v) is 6.98. The van der Waals surface area contributed by atoms with Crippen LogP contribution in [0.4, 0.5) is 5.82 Å². The van der Waals surface area contributed by atoms with Gasteiger partial charge in [0.2, 0.25) is 0 Å². The Morgan fingerprint density at radius 1 is 0.889 bits per heavy atom. The van der Waals surface area contributed by atoms with Gasteiger partial charge >= 0.3 is 0 Å². The van der Waals surface area contributed by atoms with E-state index in [1.165, 1.54) is 0 Å². The first-order valence-corrected chi connectivity index (χ1v) is 9.33. The Labute approximate surface area is 170 Å². The lowest BCUT2D eigenvalue weighted by molar-refractivity contribution is 0.264. The van der Waals surface area contributed by atoms with E-state index < -0.39 is 0 Å². The number of anilines is 1. The van der Waals surface area contributed by atoms with Crippen molar-refractivity contribution in [3.8, 4) is 11.3 Å². The first-order chi connectivity index (χ1) is 12.8. The highest BCUT2D eigenvalue weighted by Gasteiger charge is 2.20. The molecule has 0 bridgehead atoms. The van der Waals surface area contributed by atoms with Gasteiger partial charge in [0.15, 0.2) is 5.82 Å². The molecule has 2 heterocycles. The normalized spacial score (nSPS) is 15.0. The van der Waals surface area contributed by atoms with Crippen LogP contribution in [0.3, 0.4) is 0 Å². The fourth-order valence-corrected chi connectivity index (χ4v) is 3.64. The smallest absolute Gasteiger partial charge is 0.159 e. The number of hydrogen-bond acceptors (Lipinski definition) is 5. The minimum absolute atomic E-state index is 0. The van der Waals surface area contributed by atoms with Crippen LogP contribution in [0.5, 0.6) is 0 Å². The molecular formula is C20H23Cl2N5. The van der Waals surface area contributed by atoms with Crippen molar-refractivity contribution < 1.29 is 0 Å². The molecule has 4 rings (SSSR count). The second kappa shape index (κ2) is 8.85. The Bertz CT molecular complexity index is 893. The molecule has 0 spiro atoms. The molecular weight excluding hydrogens is 381 g/mol. The van der Waals surface area contributed by atoms with Gasteiger partial charge in [0.25, 0.3) is 0 Å². The summed E-state index contributed by atoms with van der Waals surface area (Å²) in [5.74, 6) is 0.964. The molecule has 2 aromatic carbocycles. The van der Waals surface area contributed by atoms with Crippen molar-refractivity contribution in [1.82, 2.24) is 15.1 Å². The lowest BCUT2D eigenvalue weighted by Crippen LogP contribution is -2.48. The van der Waals surface area contributed by atoms with Crippen LogP contribution >= 0.6 is 24.0 Å². The molecule has 0 amide bonds. The molecule has 7 heteroatoms. The number of hydrogen-bond donors (Lipinski definition) is 1. The lowest BCUT2D eigenvalue weighted by atomic mass is 10.0. The molecule has 1 aromatic heterocycles. The Morgan fingerprint density at radius 3 is 2.22 bits per heavy atom. The minimum atomic E-state index is 0. The Kier molecular flexibility index (Phi) is 6.50. The number of benzene rings is 2. The number of nitrogens with two attached hydrogens (primary N) is 1. The summed E-state index contributed by atoms with van der Waals surface area (Å²) in [6.45, 7) is 5.56. The van der Waals surface area contributed by atoms with Gasteiger partial charge in [0.1, 0.15) is 5.69 Å². The molecule has 0 atom stereocenters. The molecule has 0 unspecified atom stereocenters. The second-order valence-electron chi connectivity index (χ2n) is 6.54. The van der Waals surface area contributed by atoms with E-state index in [0.29, 0.717) is 6.54 Å². The van der Waals surface area contributed by atoms with Crippen molar-refractivity contribution in [2.24, 2.45) is 5.73 Å². The van der Waals surface area contributed by atoms with Gasteiger partial charge in [-0.3, -0.25) is 4.90 Å². The Morgan fingerprint density at radius 2 is 1.56 bits per heavy atom. The third-order valence-corrected chi connectivity index (χ3v) is 5.15. The standard InChI is InChI=1S/C20H22ClN5.ClH/c21-16-7-5-15(6-8-16)19-17-3-1-2-4-18(17)20(24-23-19)26-13-11-25(10-9-22)12-14-26;/h1-8H,9-14,22H2;1H. The van der Waals surface area contributed by atoms with Crippen LogP contribution in [0, 0.1) is 0 Å². The van der Waals surface area contributed by atoms with Gasteiger partial charge in [0, 0.05) is 60.6 Å². The fourth-order valence-electron chi connectivity index (χ4n) is 3.51. The van der Waals surface area contributed by atoms with E-state index in [4.69, 9.17) is 17.3 Å². The van der Waals surface area contributed by atoms with E-state index in [9.17, 15) is 0 Å². The van der Waals surface area contributed by atoms with E-state index in [-0.39, 0.29) is 12.4 Å². The SMILES string of the molecule is Cl.NCCN1CCN(c2nnc(-c3ccc(Cl)cc3)c3ccccc23)CC1. The summed E-state index contributed by atoms with van der Waals surface area (Å²) < 4.78 is 0. The summed E-state index contributed by atoms with van der Waals surface area (Å²) in [5, 5.41) is 12.1. The maximum Gasteiger partial charge on any atom is 0.159 e. The highest BCUT2D eigenvalue weighted by atomic mass is 35.5. The van der Waals surface area contributed by atoms with Gasteiger partial charge < -0.3 is 10.6 Å². The third-order valence-electron chi connectivity index (χ3n) is 4.90. The van der Waals surface area contributed by atoms with E-state index in [1.54, 1.807) is 0 Å². The quantitative estimate of drug-likeness (QED) is 0.722. The first kappa shape index (κ1) is 19.8. The number of aromatic nitrogens is 2. The number of halogens is 2. The van der Waals surface area contributed by atoms with Gasteiger partial charge in [-0.25, -0.2) is 0 Å². The van der Waals surface area contributed by atoms with Crippen molar-refractivity contribution in [2.75, 3.05) is 44.2 Å². The molecule has 0 saturated carbocycles. The molecule has 0 radical (unpaired) electrons. The van der Waals surface area contributed by atoms with Crippen molar-refractivity contribution in [3.63, 3.8) is 0 Å². The molecule has 0 aliphatic carbocycles. The molecule has 142 valence electrons. The predicted molar refractivity (Wildman–Crippen MR) is 115 cm³/mol. The van der Waals surface area contributed by atoms with E-state index in [1.807, 2.05) is 30.3 Å². The van der Waals surface area contributed by atoms with Gasteiger partial charge in [-0.05, 0) is 12.1 Å². The molecule has 1 aliphatic heterocycles. The van der Waals surface area contributed by atoms with Crippen LogP contribution in [0.1, 0.15) is 0 Å². The number of fused-ring (bicyclic) bond motifs is 1. The molecule has 1 aliphatic rings. The molecule has 27 heavy (non-hydrogen) atoms. The summed E-state index contributed by atoms with van der Waals surface area (Å²) in [6, 6.07) is 16.1. The molecule has 1 fully saturated rings. The number of piperazine rings is 1. The van der Waals surface area contributed by atoms with Crippen LogP contribution < -0.4 is 10.6 Å². The largest absolute Gasteiger partial charge is 0.352 e. The highest BCUT2D eigenvalue weighted by molar-refractivity contribution is 6.30. The van der Waals surface area contributed by atoms with Gasteiger partial charge in [-0.2, -0.15) is 0 Å². The summed E-state index contributed by atoms with van der Waals surface area (Å²) in [6.07, 6.45) is 0. The first-order valence-electron chi connectivity index (χ1n) is 8.95. The topological polar surface area (TPSA) is 58.3 Å². The van der Waals surface area contributed by atoms with E-state index in [0.717, 1.165) is 65.6 Å². The van der Waals surface area contributed by atoms with Crippen LogP contribution in [-0.2, 0) is 0 Å². The molecule has 5 nitrogen and oxygen atoms in total. The summed E-state index contributed by atoms with van der Waals surface area (Å²) in [4.78, 5) is 4.72. The van der Waals surface area contributed by atoms with Crippen LogP contribution in [-0.4, -0.2) is 54.4 Å². The van der Waals surface area contributed by atoms with Crippen molar-refractivity contribution in [3.05, 3.63) is 53.6 Å². The van der Waals surface area contributed by atoms with Crippen molar-refractivity contribution in [1.29, 1.82) is 0 Å². The van der Waals surface area contributed by atoms with E-state index in [2.05, 4.69) is 38.2 Å². The zero-order valence-corrected chi connectivity index (χ0v) is 16.6. The Hall–Kier alpha value is -1.92. The predicted octanol–water partition coefficient (Wildman–Crippen LogP) is 3.45. The lowest BCUT2D eigenvalue weighted by Gasteiger charge is -2.35. The summed E-state index contributed by atoms with van der Waals surface area (Å²) in [5.41, 5.74) is 7.59. The molecule has 2 N–H and O–H groups in total. The molecule has 1 saturated heterocycles. The van der Waals surface area contributed by atoms with Crippen LogP contribution in [0.25, 0.3) is 22.0 Å². The maximum absolute atomic E-state index is 6.02. The Balaban J connectivity index is 0.00000210. The fraction of sp³-hybridized carbons (Fsp3) is 0.300. The van der Waals surface area contributed by atoms with E-state index >= 15 is 0 Å². The van der Waals surface area contributed by atoms with Gasteiger partial charge in [-0.15, -0.1) is 22.6 Å². The van der Waals surface area contributed by atoms with Crippen molar-refractivity contribution in [2.45, 2.75) is 0 Å². The minimum Gasteiger partial charge on any atom is -0.352 e. The van der Waals surface area contributed by atoms with Gasteiger partial charge in [-0.1, -0.05) is 48.0 Å². The zero-order chi connectivity index (χ0) is 17.9. The molecule has 3 aromatic rings. The van der Waals surface area contributed by atoms with Gasteiger partial charge in [0.05, 0.1) is 0 Å². The monoisotopic (exact) mass is 403 g/mol. The number of nitrogens with zero attached hydrogens (tertiary/aromatic N) is 4. The average Bonchev–Trinajstić information content (AvgIpc) is 2.69. The highest BCUT2D eigenvalue weighted by Crippen LogP contribution is 2.32. The number of rotatable bonds is 4. The van der Waals surface area contributed by atoms with Crippen molar-refractivity contribution >= 4 is 40.6 Å². The summed E-state index contributed by atoms with van der Waals surface area (Å²) >= 11 is 6.02.